The molecule has 0 bridgehead atoms. The molecular formula is C25H33ClFN3O4S. The number of hydrogen-bond donors (Lipinski definition) is 1. The second kappa shape index (κ2) is 13.4. The first kappa shape index (κ1) is 28.6. The second-order valence-corrected chi connectivity index (χ2v) is 10.6. The van der Waals surface area contributed by atoms with Gasteiger partial charge in [0.05, 0.1) is 11.9 Å². The highest BCUT2D eigenvalue weighted by atomic mass is 35.5. The number of hydrogen-bond acceptors (Lipinski definition) is 4. The third-order valence-electron chi connectivity index (χ3n) is 5.45. The predicted molar refractivity (Wildman–Crippen MR) is 137 cm³/mol. The first-order valence-electron chi connectivity index (χ1n) is 11.6. The second-order valence-electron chi connectivity index (χ2n) is 8.28. The number of rotatable bonds is 13. The van der Waals surface area contributed by atoms with E-state index in [1.807, 2.05) is 13.8 Å². The minimum atomic E-state index is -3.60. The quantitative estimate of drug-likeness (QED) is 0.421. The third kappa shape index (κ3) is 8.81. The molecule has 1 atom stereocenters. The zero-order chi connectivity index (χ0) is 26.0. The highest BCUT2D eigenvalue weighted by Gasteiger charge is 2.28. The fraction of sp³-hybridized carbons (Fsp3) is 0.440. The molecule has 2 aromatic carbocycles. The molecule has 0 aliphatic carbocycles. The van der Waals surface area contributed by atoms with Crippen LogP contribution in [0.25, 0.3) is 0 Å². The van der Waals surface area contributed by atoms with Gasteiger partial charge in [-0.1, -0.05) is 43.6 Å². The summed E-state index contributed by atoms with van der Waals surface area (Å²) in [4.78, 5) is 27.6. The molecule has 2 rings (SSSR count). The van der Waals surface area contributed by atoms with Crippen LogP contribution in [0.1, 0.15) is 45.1 Å². The lowest BCUT2D eigenvalue weighted by molar-refractivity contribution is -0.141. The number of nitrogens with one attached hydrogen (secondary N) is 1. The van der Waals surface area contributed by atoms with Crippen LogP contribution in [-0.2, 0) is 26.2 Å². The van der Waals surface area contributed by atoms with Gasteiger partial charge in [-0.3, -0.25) is 13.9 Å². The van der Waals surface area contributed by atoms with Gasteiger partial charge in [-0.05, 0) is 55.2 Å². The summed E-state index contributed by atoms with van der Waals surface area (Å²) in [6.07, 6.45) is 2.54. The lowest BCUT2D eigenvalue weighted by atomic mass is 10.1. The molecule has 192 valence electrons. The number of nitrogens with zero attached hydrogens (tertiary/aromatic N) is 2. The van der Waals surface area contributed by atoms with E-state index in [0.29, 0.717) is 29.2 Å². The van der Waals surface area contributed by atoms with Crippen molar-refractivity contribution in [3.05, 3.63) is 64.9 Å². The Kier molecular flexibility index (Phi) is 11.0. The van der Waals surface area contributed by atoms with Gasteiger partial charge in [-0.15, -0.1) is 0 Å². The van der Waals surface area contributed by atoms with Crippen LogP contribution < -0.4 is 9.62 Å². The van der Waals surface area contributed by atoms with Gasteiger partial charge < -0.3 is 10.2 Å². The molecule has 0 spiro atoms. The molecule has 10 heteroatoms. The van der Waals surface area contributed by atoms with Crippen molar-refractivity contribution in [2.45, 2.75) is 52.1 Å². The smallest absolute Gasteiger partial charge is 0.242 e. The molecule has 35 heavy (non-hydrogen) atoms. The van der Waals surface area contributed by atoms with Crippen molar-refractivity contribution < 1.29 is 22.4 Å². The summed E-state index contributed by atoms with van der Waals surface area (Å²) >= 11 is 6.02. The van der Waals surface area contributed by atoms with E-state index in [4.69, 9.17) is 11.6 Å². The molecule has 0 unspecified atom stereocenters. The van der Waals surface area contributed by atoms with Crippen molar-refractivity contribution in [2.75, 3.05) is 23.7 Å². The Hall–Kier alpha value is -2.65. The van der Waals surface area contributed by atoms with E-state index < -0.39 is 16.1 Å². The fourth-order valence-corrected chi connectivity index (χ4v) is 4.85. The Balaban J connectivity index is 2.19. The Morgan fingerprint density at radius 1 is 1.11 bits per heavy atom. The molecule has 1 N–H and O–H groups in total. The zero-order valence-electron chi connectivity index (χ0n) is 20.3. The van der Waals surface area contributed by atoms with Crippen molar-refractivity contribution >= 4 is 39.1 Å². The molecular weight excluding hydrogens is 493 g/mol. The number of carbonyl (C=O) groups is 2. The summed E-state index contributed by atoms with van der Waals surface area (Å²) in [6.45, 7) is 4.48. The molecule has 7 nitrogen and oxygen atoms in total. The van der Waals surface area contributed by atoms with Crippen LogP contribution in [-0.4, -0.2) is 50.5 Å². The van der Waals surface area contributed by atoms with Gasteiger partial charge in [-0.25, -0.2) is 12.8 Å². The van der Waals surface area contributed by atoms with Crippen LogP contribution in [0, 0.1) is 5.82 Å². The lowest BCUT2D eigenvalue weighted by Crippen LogP contribution is -2.49. The van der Waals surface area contributed by atoms with E-state index in [-0.39, 0.29) is 43.6 Å². The maximum absolute atomic E-state index is 13.4. The molecule has 0 saturated carbocycles. The van der Waals surface area contributed by atoms with E-state index >= 15 is 0 Å². The number of anilines is 1. The summed E-state index contributed by atoms with van der Waals surface area (Å²) in [6, 6.07) is 11.6. The van der Waals surface area contributed by atoms with Crippen LogP contribution in [0.15, 0.2) is 48.5 Å². The summed E-state index contributed by atoms with van der Waals surface area (Å²) in [5, 5.41) is 3.25. The normalized spacial score (nSPS) is 12.1. The third-order valence-corrected chi connectivity index (χ3v) is 6.88. The van der Waals surface area contributed by atoms with Crippen molar-refractivity contribution in [3.8, 4) is 0 Å². The fourth-order valence-electron chi connectivity index (χ4n) is 3.71. The summed E-state index contributed by atoms with van der Waals surface area (Å²) < 4.78 is 39.3. The minimum Gasteiger partial charge on any atom is -0.354 e. The monoisotopic (exact) mass is 525 g/mol. The van der Waals surface area contributed by atoms with Gasteiger partial charge in [0, 0.05) is 31.1 Å². The average molecular weight is 526 g/mol. The van der Waals surface area contributed by atoms with E-state index in [1.165, 1.54) is 21.3 Å². The van der Waals surface area contributed by atoms with Gasteiger partial charge in [0.15, 0.2) is 0 Å². The van der Waals surface area contributed by atoms with Gasteiger partial charge in [-0.2, -0.15) is 0 Å². The molecule has 2 aromatic rings. The van der Waals surface area contributed by atoms with E-state index in [1.54, 1.807) is 36.4 Å². The number of benzene rings is 2. The number of sulfonamides is 1. The summed E-state index contributed by atoms with van der Waals surface area (Å²) in [7, 11) is -3.60. The van der Waals surface area contributed by atoms with Crippen LogP contribution in [0.4, 0.5) is 10.1 Å². The Morgan fingerprint density at radius 3 is 2.37 bits per heavy atom. The van der Waals surface area contributed by atoms with E-state index in [2.05, 4.69) is 5.32 Å². The number of amides is 2. The summed E-state index contributed by atoms with van der Waals surface area (Å²) in [5.74, 6) is -0.921. The average Bonchev–Trinajstić information content (AvgIpc) is 2.80. The van der Waals surface area contributed by atoms with Crippen LogP contribution >= 0.6 is 11.6 Å². The molecule has 0 aromatic heterocycles. The first-order valence-corrected chi connectivity index (χ1v) is 13.8. The van der Waals surface area contributed by atoms with E-state index in [0.717, 1.165) is 12.7 Å². The Morgan fingerprint density at radius 2 is 1.80 bits per heavy atom. The number of halogens is 2. The van der Waals surface area contributed by atoms with Crippen LogP contribution in [0.2, 0.25) is 5.02 Å². The first-order chi connectivity index (χ1) is 16.6. The van der Waals surface area contributed by atoms with Crippen LogP contribution in [0.3, 0.4) is 0 Å². The standard InChI is InChI=1S/C25H33ClFN3O4S/c1-4-15-28-25(32)23(5-2)29(18-19-11-13-21(27)14-12-19)24(31)10-7-16-30(35(3,33)34)22-9-6-8-20(26)17-22/h6,8-9,11-14,17,23H,4-5,7,10,15-16,18H2,1-3H3,(H,28,32)/t23-/m1/s1. The molecule has 0 radical (unpaired) electrons. The van der Waals surface area contributed by atoms with Crippen molar-refractivity contribution in [1.29, 1.82) is 0 Å². The topological polar surface area (TPSA) is 86.8 Å². The predicted octanol–water partition coefficient (Wildman–Crippen LogP) is 4.36. The van der Waals surface area contributed by atoms with Crippen LogP contribution in [0.5, 0.6) is 0 Å². The zero-order valence-corrected chi connectivity index (χ0v) is 21.9. The maximum atomic E-state index is 13.4. The Labute approximate surface area is 212 Å². The highest BCUT2D eigenvalue weighted by Crippen LogP contribution is 2.23. The highest BCUT2D eigenvalue weighted by molar-refractivity contribution is 7.92. The number of carbonyl (C=O) groups excluding carboxylic acids is 2. The maximum Gasteiger partial charge on any atom is 0.242 e. The molecule has 2 amide bonds. The molecule has 0 fully saturated rings. The van der Waals surface area contributed by atoms with Crippen molar-refractivity contribution in [2.24, 2.45) is 0 Å². The largest absolute Gasteiger partial charge is 0.354 e. The van der Waals surface area contributed by atoms with Gasteiger partial charge >= 0.3 is 0 Å². The van der Waals surface area contributed by atoms with Crippen molar-refractivity contribution in [1.82, 2.24) is 10.2 Å². The Bertz CT molecular complexity index is 1100. The lowest BCUT2D eigenvalue weighted by Gasteiger charge is -2.31. The molecule has 0 saturated heterocycles. The van der Waals surface area contributed by atoms with Gasteiger partial charge in [0.1, 0.15) is 11.9 Å². The van der Waals surface area contributed by atoms with Gasteiger partial charge in [0.2, 0.25) is 21.8 Å². The minimum absolute atomic E-state index is 0.0331. The van der Waals surface area contributed by atoms with E-state index in [9.17, 15) is 22.4 Å². The SMILES string of the molecule is CCCNC(=O)[C@@H](CC)N(Cc1ccc(F)cc1)C(=O)CCCN(c1cccc(Cl)c1)S(C)(=O)=O. The van der Waals surface area contributed by atoms with Gasteiger partial charge in [0.25, 0.3) is 0 Å². The molecule has 0 aliphatic heterocycles. The molecule has 0 aliphatic rings. The van der Waals surface area contributed by atoms with Crippen molar-refractivity contribution in [3.63, 3.8) is 0 Å². The summed E-state index contributed by atoms with van der Waals surface area (Å²) in [5.41, 5.74) is 1.11. The molecule has 0 heterocycles.